The Hall–Kier alpha value is -0.770. The van der Waals surface area contributed by atoms with Gasteiger partial charge in [-0.2, -0.15) is 0 Å². The van der Waals surface area contributed by atoms with Gasteiger partial charge in [-0.1, -0.05) is 29.6 Å². The van der Waals surface area contributed by atoms with E-state index in [-0.39, 0.29) is 5.91 Å². The third-order valence-corrected chi connectivity index (χ3v) is 3.48. The lowest BCUT2D eigenvalue weighted by Gasteiger charge is -2.23. The number of benzene rings is 1. The van der Waals surface area contributed by atoms with Crippen LogP contribution in [0.5, 0.6) is 0 Å². The molecule has 1 fully saturated rings. The van der Waals surface area contributed by atoms with Gasteiger partial charge in [-0.25, -0.2) is 0 Å². The largest absolute Gasteiger partial charge is 0.350 e. The van der Waals surface area contributed by atoms with Crippen molar-refractivity contribution in [2.45, 2.75) is 25.3 Å². The van der Waals surface area contributed by atoms with Crippen LogP contribution in [-0.4, -0.2) is 25.0 Å². The predicted molar refractivity (Wildman–Crippen MR) is 74.4 cm³/mol. The lowest BCUT2D eigenvalue weighted by molar-refractivity contribution is 0.0948. The van der Waals surface area contributed by atoms with Gasteiger partial charge in [0.15, 0.2) is 0 Å². The highest BCUT2D eigenvalue weighted by atomic mass is 35.5. The van der Waals surface area contributed by atoms with Gasteiger partial charge in [0.25, 0.3) is 5.91 Å². The van der Waals surface area contributed by atoms with E-state index in [1.165, 1.54) is 12.8 Å². The fraction of sp³-hybridized carbons (Fsp3) is 0.462. The molecule has 1 atom stereocenters. The standard InChI is InChI=1S/C13H16Cl2N2O/c14-10-5-9(6-11(15)7-10)13(18)17-8-12-3-1-2-4-16-12/h5-7,12,16H,1-4,8H2,(H,17,18). The van der Waals surface area contributed by atoms with Crippen LogP contribution in [0, 0.1) is 0 Å². The van der Waals surface area contributed by atoms with E-state index in [9.17, 15) is 4.79 Å². The molecule has 5 heteroatoms. The molecule has 0 bridgehead atoms. The van der Waals surface area contributed by atoms with E-state index < -0.39 is 0 Å². The molecule has 2 rings (SSSR count). The number of nitrogens with one attached hydrogen (secondary N) is 2. The summed E-state index contributed by atoms with van der Waals surface area (Å²) in [5.74, 6) is -0.133. The molecule has 1 aromatic rings. The predicted octanol–water partition coefficient (Wildman–Crippen LogP) is 2.87. The monoisotopic (exact) mass is 286 g/mol. The molecule has 0 aromatic heterocycles. The molecule has 1 amide bonds. The quantitative estimate of drug-likeness (QED) is 0.897. The number of amides is 1. The van der Waals surface area contributed by atoms with E-state index in [1.54, 1.807) is 18.2 Å². The first-order valence-electron chi connectivity index (χ1n) is 6.13. The second-order valence-corrected chi connectivity index (χ2v) is 5.39. The van der Waals surface area contributed by atoms with Gasteiger partial charge in [-0.05, 0) is 37.6 Å². The summed E-state index contributed by atoms with van der Waals surface area (Å²) in [5.41, 5.74) is 0.503. The normalized spacial score (nSPS) is 19.6. The molecule has 1 heterocycles. The minimum absolute atomic E-state index is 0.133. The van der Waals surface area contributed by atoms with E-state index in [4.69, 9.17) is 23.2 Å². The van der Waals surface area contributed by atoms with Gasteiger partial charge in [0, 0.05) is 28.2 Å². The van der Waals surface area contributed by atoms with Gasteiger partial charge in [-0.3, -0.25) is 4.79 Å². The lowest BCUT2D eigenvalue weighted by atomic mass is 10.1. The maximum Gasteiger partial charge on any atom is 0.251 e. The van der Waals surface area contributed by atoms with Crippen LogP contribution < -0.4 is 10.6 Å². The summed E-state index contributed by atoms with van der Waals surface area (Å²) >= 11 is 11.7. The average Bonchev–Trinajstić information content (AvgIpc) is 2.36. The van der Waals surface area contributed by atoms with Crippen molar-refractivity contribution < 1.29 is 4.79 Å². The van der Waals surface area contributed by atoms with Crippen molar-refractivity contribution in [2.75, 3.05) is 13.1 Å². The molecule has 1 aliphatic heterocycles. The van der Waals surface area contributed by atoms with E-state index in [2.05, 4.69) is 10.6 Å². The second-order valence-electron chi connectivity index (χ2n) is 4.51. The Morgan fingerprint density at radius 1 is 1.28 bits per heavy atom. The Labute approximate surface area is 117 Å². The Morgan fingerprint density at radius 3 is 2.61 bits per heavy atom. The van der Waals surface area contributed by atoms with Gasteiger partial charge >= 0.3 is 0 Å². The summed E-state index contributed by atoms with van der Waals surface area (Å²) in [7, 11) is 0. The lowest BCUT2D eigenvalue weighted by Crippen LogP contribution is -2.43. The summed E-state index contributed by atoms with van der Waals surface area (Å²) in [6.07, 6.45) is 3.54. The highest BCUT2D eigenvalue weighted by Crippen LogP contribution is 2.19. The summed E-state index contributed by atoms with van der Waals surface area (Å²) in [6, 6.07) is 5.23. The van der Waals surface area contributed by atoms with Gasteiger partial charge < -0.3 is 10.6 Å². The third-order valence-electron chi connectivity index (χ3n) is 3.05. The Balaban J connectivity index is 1.90. The van der Waals surface area contributed by atoms with Crippen LogP contribution in [0.25, 0.3) is 0 Å². The zero-order chi connectivity index (χ0) is 13.0. The van der Waals surface area contributed by atoms with Crippen LogP contribution in [0.15, 0.2) is 18.2 Å². The fourth-order valence-electron chi connectivity index (χ4n) is 2.10. The molecule has 3 nitrogen and oxygen atoms in total. The maximum atomic E-state index is 11.9. The number of carbonyl (C=O) groups is 1. The Kier molecular flexibility index (Phi) is 4.87. The van der Waals surface area contributed by atoms with Crippen molar-refractivity contribution in [1.82, 2.24) is 10.6 Å². The highest BCUT2D eigenvalue weighted by molar-refractivity contribution is 6.35. The van der Waals surface area contributed by atoms with Gasteiger partial charge in [0.2, 0.25) is 0 Å². The topological polar surface area (TPSA) is 41.1 Å². The molecular weight excluding hydrogens is 271 g/mol. The molecule has 1 saturated heterocycles. The molecule has 1 aliphatic rings. The number of halogens is 2. The van der Waals surface area contributed by atoms with E-state index in [0.717, 1.165) is 13.0 Å². The SMILES string of the molecule is O=C(NCC1CCCCN1)c1cc(Cl)cc(Cl)c1. The number of carbonyl (C=O) groups excluding carboxylic acids is 1. The summed E-state index contributed by atoms with van der Waals surface area (Å²) in [6.45, 7) is 1.67. The molecule has 0 saturated carbocycles. The van der Waals surface area contributed by atoms with E-state index in [1.807, 2.05) is 0 Å². The first-order valence-corrected chi connectivity index (χ1v) is 6.88. The minimum atomic E-state index is -0.133. The van der Waals surface area contributed by atoms with Gasteiger partial charge in [0.1, 0.15) is 0 Å². The van der Waals surface area contributed by atoms with Crippen molar-refractivity contribution in [3.8, 4) is 0 Å². The number of piperidine rings is 1. The van der Waals surface area contributed by atoms with Crippen LogP contribution in [0.2, 0.25) is 10.0 Å². The molecule has 18 heavy (non-hydrogen) atoms. The molecule has 0 radical (unpaired) electrons. The smallest absolute Gasteiger partial charge is 0.251 e. The van der Waals surface area contributed by atoms with Crippen LogP contribution in [0.3, 0.4) is 0 Å². The van der Waals surface area contributed by atoms with Crippen molar-refractivity contribution in [1.29, 1.82) is 0 Å². The number of hydrogen-bond donors (Lipinski definition) is 2. The first-order chi connectivity index (χ1) is 8.65. The van der Waals surface area contributed by atoms with Gasteiger partial charge in [0.05, 0.1) is 0 Å². The summed E-state index contributed by atoms with van der Waals surface area (Å²) in [5, 5.41) is 7.24. The fourth-order valence-corrected chi connectivity index (χ4v) is 2.63. The molecule has 98 valence electrons. The van der Waals surface area contributed by atoms with E-state index >= 15 is 0 Å². The summed E-state index contributed by atoms with van der Waals surface area (Å²) < 4.78 is 0. The van der Waals surface area contributed by atoms with Crippen LogP contribution >= 0.6 is 23.2 Å². The number of rotatable bonds is 3. The Bertz CT molecular complexity index is 411. The number of hydrogen-bond acceptors (Lipinski definition) is 2. The maximum absolute atomic E-state index is 11.9. The van der Waals surface area contributed by atoms with Crippen LogP contribution in [0.4, 0.5) is 0 Å². The second kappa shape index (κ2) is 6.41. The minimum Gasteiger partial charge on any atom is -0.350 e. The third kappa shape index (κ3) is 3.87. The van der Waals surface area contributed by atoms with Crippen LogP contribution in [0.1, 0.15) is 29.6 Å². The van der Waals surface area contributed by atoms with Crippen molar-refractivity contribution in [3.63, 3.8) is 0 Å². The highest BCUT2D eigenvalue weighted by Gasteiger charge is 2.14. The van der Waals surface area contributed by atoms with Crippen molar-refractivity contribution >= 4 is 29.1 Å². The van der Waals surface area contributed by atoms with E-state index in [0.29, 0.717) is 28.2 Å². The zero-order valence-electron chi connectivity index (χ0n) is 10.0. The van der Waals surface area contributed by atoms with Crippen molar-refractivity contribution in [3.05, 3.63) is 33.8 Å². The first kappa shape index (κ1) is 13.7. The summed E-state index contributed by atoms with van der Waals surface area (Å²) in [4.78, 5) is 11.9. The molecule has 2 N–H and O–H groups in total. The van der Waals surface area contributed by atoms with Crippen LogP contribution in [-0.2, 0) is 0 Å². The van der Waals surface area contributed by atoms with Gasteiger partial charge in [-0.15, -0.1) is 0 Å². The zero-order valence-corrected chi connectivity index (χ0v) is 11.5. The molecule has 0 aliphatic carbocycles. The molecule has 0 spiro atoms. The average molecular weight is 287 g/mol. The molecular formula is C13H16Cl2N2O. The molecule has 1 unspecified atom stereocenters. The Morgan fingerprint density at radius 2 is 2.00 bits per heavy atom. The van der Waals surface area contributed by atoms with Crippen molar-refractivity contribution in [2.24, 2.45) is 0 Å². The molecule has 1 aromatic carbocycles.